The molecule has 0 bridgehead atoms. The summed E-state index contributed by atoms with van der Waals surface area (Å²) in [5, 5.41) is 0. The lowest BCUT2D eigenvalue weighted by Gasteiger charge is -2.18. The molecule has 0 aromatic carbocycles. The molecule has 0 aliphatic heterocycles. The van der Waals surface area contributed by atoms with Gasteiger partial charge in [-0.3, -0.25) is 14.4 Å². The monoisotopic (exact) mass is 1030 g/mol. The maximum atomic E-state index is 12.9. The Morgan fingerprint density at radius 3 is 0.548 bits per heavy atom. The summed E-state index contributed by atoms with van der Waals surface area (Å²) in [5.41, 5.74) is 0. The second kappa shape index (κ2) is 62.9. The highest BCUT2D eigenvalue weighted by atomic mass is 16.6. The van der Waals surface area contributed by atoms with Gasteiger partial charge in [0, 0.05) is 19.3 Å². The zero-order valence-electron chi connectivity index (χ0n) is 50.0. The van der Waals surface area contributed by atoms with Crippen molar-refractivity contribution in [3.63, 3.8) is 0 Å². The van der Waals surface area contributed by atoms with Gasteiger partial charge in [0.2, 0.25) is 0 Å². The predicted octanol–water partition coefficient (Wildman–Crippen LogP) is 22.7. The Morgan fingerprint density at radius 2 is 0.370 bits per heavy atom. The summed E-state index contributed by atoms with van der Waals surface area (Å²) in [7, 11) is 0. The van der Waals surface area contributed by atoms with E-state index in [1.54, 1.807) is 0 Å². The average Bonchev–Trinajstić information content (AvgIpc) is 3.39. The van der Waals surface area contributed by atoms with E-state index >= 15 is 0 Å². The maximum Gasteiger partial charge on any atom is 0.306 e. The second-order valence-electron chi connectivity index (χ2n) is 23.1. The van der Waals surface area contributed by atoms with E-state index < -0.39 is 6.10 Å². The molecule has 0 aromatic heterocycles. The molecule has 0 heterocycles. The minimum atomic E-state index is -0.762. The Hall–Kier alpha value is -1.59. The van der Waals surface area contributed by atoms with Crippen LogP contribution in [0.15, 0.2) is 0 Å². The van der Waals surface area contributed by atoms with Gasteiger partial charge in [-0.05, 0) is 19.3 Å². The van der Waals surface area contributed by atoms with Gasteiger partial charge in [-0.2, -0.15) is 0 Å². The third kappa shape index (κ3) is 61.1. The Balaban J connectivity index is 4.15. The Bertz CT molecular complexity index is 1090. The van der Waals surface area contributed by atoms with Crippen LogP contribution in [0.1, 0.15) is 393 Å². The number of hydrogen-bond acceptors (Lipinski definition) is 6. The van der Waals surface area contributed by atoms with E-state index in [2.05, 4.69) is 20.8 Å². The van der Waals surface area contributed by atoms with E-state index in [1.165, 1.54) is 295 Å². The Morgan fingerprint density at radius 1 is 0.219 bits per heavy atom. The zero-order chi connectivity index (χ0) is 52.9. The first-order valence-electron chi connectivity index (χ1n) is 33.5. The molecule has 0 aromatic rings. The van der Waals surface area contributed by atoms with E-state index in [0.717, 1.165) is 57.8 Å². The number of carbonyl (C=O) groups excluding carboxylic acids is 3. The van der Waals surface area contributed by atoms with Crippen LogP contribution in [0.5, 0.6) is 0 Å². The van der Waals surface area contributed by atoms with E-state index in [-0.39, 0.29) is 31.1 Å². The third-order valence-corrected chi connectivity index (χ3v) is 15.6. The summed E-state index contributed by atoms with van der Waals surface area (Å²) in [5.74, 6) is -0.826. The second-order valence-corrected chi connectivity index (χ2v) is 23.1. The van der Waals surface area contributed by atoms with Crippen molar-refractivity contribution < 1.29 is 28.6 Å². The van der Waals surface area contributed by atoms with E-state index in [1.807, 2.05) is 0 Å². The van der Waals surface area contributed by atoms with Crippen LogP contribution in [-0.2, 0) is 28.6 Å². The predicted molar refractivity (Wildman–Crippen MR) is 317 cm³/mol. The molecule has 73 heavy (non-hydrogen) atoms. The summed E-state index contributed by atoms with van der Waals surface area (Å²) in [4.78, 5) is 38.3. The Kier molecular flexibility index (Phi) is 61.6. The number of unbranched alkanes of at least 4 members (excludes halogenated alkanes) is 52. The third-order valence-electron chi connectivity index (χ3n) is 15.6. The van der Waals surface area contributed by atoms with Crippen molar-refractivity contribution in [1.29, 1.82) is 0 Å². The molecule has 0 spiro atoms. The minimum absolute atomic E-state index is 0.0606. The van der Waals surface area contributed by atoms with Crippen molar-refractivity contribution in [2.45, 2.75) is 399 Å². The zero-order valence-corrected chi connectivity index (χ0v) is 50.0. The molecule has 0 N–H and O–H groups in total. The van der Waals surface area contributed by atoms with Crippen LogP contribution in [0.25, 0.3) is 0 Å². The highest BCUT2D eigenvalue weighted by Crippen LogP contribution is 2.19. The van der Waals surface area contributed by atoms with Crippen LogP contribution in [0.3, 0.4) is 0 Å². The molecule has 0 aliphatic carbocycles. The summed E-state index contributed by atoms with van der Waals surface area (Å²) >= 11 is 0. The molecule has 6 nitrogen and oxygen atoms in total. The molecule has 1 unspecified atom stereocenters. The first-order valence-corrected chi connectivity index (χ1v) is 33.5. The van der Waals surface area contributed by atoms with E-state index in [4.69, 9.17) is 14.2 Å². The molecule has 434 valence electrons. The summed E-state index contributed by atoms with van der Waals surface area (Å²) in [6.45, 7) is 6.72. The highest BCUT2D eigenvalue weighted by Gasteiger charge is 2.19. The molecule has 0 rings (SSSR count). The Labute approximate surface area is 457 Å². The van der Waals surface area contributed by atoms with Gasteiger partial charge in [-0.15, -0.1) is 0 Å². The van der Waals surface area contributed by atoms with E-state index in [0.29, 0.717) is 19.3 Å². The molecule has 0 radical (unpaired) electrons. The first kappa shape index (κ1) is 71.4. The first-order chi connectivity index (χ1) is 36.0. The van der Waals surface area contributed by atoms with Crippen LogP contribution in [0.4, 0.5) is 0 Å². The number of hydrogen-bond donors (Lipinski definition) is 0. The molecule has 0 aliphatic rings. The quantitative estimate of drug-likeness (QED) is 0.0343. The molecular weight excluding hydrogens is 901 g/mol. The largest absolute Gasteiger partial charge is 0.462 e. The van der Waals surface area contributed by atoms with Crippen molar-refractivity contribution >= 4 is 17.9 Å². The van der Waals surface area contributed by atoms with Gasteiger partial charge < -0.3 is 14.2 Å². The van der Waals surface area contributed by atoms with Gasteiger partial charge in [-0.25, -0.2) is 0 Å². The smallest absolute Gasteiger partial charge is 0.306 e. The number of ether oxygens (including phenoxy) is 3. The molecule has 0 saturated heterocycles. The number of esters is 3. The lowest BCUT2D eigenvalue weighted by atomic mass is 10.0. The van der Waals surface area contributed by atoms with Gasteiger partial charge in [0.15, 0.2) is 6.10 Å². The average molecular weight is 1030 g/mol. The van der Waals surface area contributed by atoms with Gasteiger partial charge in [0.05, 0.1) is 0 Å². The van der Waals surface area contributed by atoms with Crippen LogP contribution in [0, 0.1) is 0 Å². The summed E-state index contributed by atoms with van der Waals surface area (Å²) < 4.78 is 16.9. The van der Waals surface area contributed by atoms with Crippen LogP contribution in [0.2, 0.25) is 0 Å². The van der Waals surface area contributed by atoms with Crippen LogP contribution in [-0.4, -0.2) is 37.2 Å². The SMILES string of the molecule is CCCCCCCCCCCCCCCCCCCCCCCCCCCC(=O)OCC(COC(=O)CCCCCCCCCCCCC)OC(=O)CCCCCCCCCCCCCCCCCCCCC. The number of rotatable bonds is 63. The maximum absolute atomic E-state index is 12.9. The van der Waals surface area contributed by atoms with Gasteiger partial charge >= 0.3 is 17.9 Å². The molecule has 0 saturated carbocycles. The minimum Gasteiger partial charge on any atom is -0.462 e. The fourth-order valence-electron chi connectivity index (χ4n) is 10.6. The fraction of sp³-hybridized carbons (Fsp3) is 0.955. The van der Waals surface area contributed by atoms with E-state index in [9.17, 15) is 14.4 Å². The van der Waals surface area contributed by atoms with Crippen LogP contribution >= 0.6 is 0 Å². The van der Waals surface area contributed by atoms with Gasteiger partial charge in [0.1, 0.15) is 13.2 Å². The number of carbonyl (C=O) groups is 3. The normalized spacial score (nSPS) is 11.9. The van der Waals surface area contributed by atoms with Crippen molar-refractivity contribution in [1.82, 2.24) is 0 Å². The summed E-state index contributed by atoms with van der Waals surface area (Å²) in [6.07, 6.45) is 72.7. The lowest BCUT2D eigenvalue weighted by Crippen LogP contribution is -2.30. The topological polar surface area (TPSA) is 78.9 Å². The van der Waals surface area contributed by atoms with Gasteiger partial charge in [0.25, 0.3) is 0 Å². The molecule has 0 amide bonds. The van der Waals surface area contributed by atoms with Crippen molar-refractivity contribution in [2.75, 3.05) is 13.2 Å². The lowest BCUT2D eigenvalue weighted by molar-refractivity contribution is -0.167. The molecule has 0 fully saturated rings. The molecular formula is C67H130O6. The standard InChI is InChI=1S/C67H130O6/c1-4-7-10-13-16-19-22-24-26-28-30-31-32-33-34-35-37-38-40-42-45-48-51-54-57-60-66(69)72-63-64(62-71-65(68)59-56-53-50-47-44-21-18-15-12-9-6-3)73-67(70)61-58-55-52-49-46-43-41-39-36-29-27-25-23-20-17-14-11-8-5-2/h64H,4-63H2,1-3H3. The highest BCUT2D eigenvalue weighted by molar-refractivity contribution is 5.71. The fourth-order valence-corrected chi connectivity index (χ4v) is 10.6. The van der Waals surface area contributed by atoms with Crippen molar-refractivity contribution in [3.05, 3.63) is 0 Å². The van der Waals surface area contributed by atoms with Crippen molar-refractivity contribution in [3.8, 4) is 0 Å². The van der Waals surface area contributed by atoms with Gasteiger partial charge in [-0.1, -0.05) is 355 Å². The summed E-state index contributed by atoms with van der Waals surface area (Å²) in [6, 6.07) is 0. The van der Waals surface area contributed by atoms with Crippen LogP contribution < -0.4 is 0 Å². The van der Waals surface area contributed by atoms with Crippen molar-refractivity contribution in [2.24, 2.45) is 0 Å². The molecule has 6 heteroatoms. The molecule has 1 atom stereocenters.